The van der Waals surface area contributed by atoms with E-state index in [2.05, 4.69) is 18.2 Å². The lowest BCUT2D eigenvalue weighted by molar-refractivity contribution is 0.0737. The number of rotatable bonds is 4. The average molecular weight is 347 g/mol. The summed E-state index contributed by atoms with van der Waals surface area (Å²) >= 11 is 0. The van der Waals surface area contributed by atoms with Crippen LogP contribution in [0.15, 0.2) is 65.1 Å². The number of carbonyl (C=O) groups is 1. The fraction of sp³-hybridized carbons (Fsp3) is 0.227. The van der Waals surface area contributed by atoms with E-state index in [-0.39, 0.29) is 5.91 Å². The van der Waals surface area contributed by atoms with Crippen LogP contribution in [0, 0.1) is 0 Å². The van der Waals surface area contributed by atoms with Crippen LogP contribution in [0.4, 0.5) is 0 Å². The maximum atomic E-state index is 13.1. The molecule has 4 heteroatoms. The molecule has 0 saturated carbocycles. The van der Waals surface area contributed by atoms with Crippen LogP contribution in [-0.2, 0) is 11.3 Å². The van der Waals surface area contributed by atoms with Gasteiger partial charge in [0.2, 0.25) is 0 Å². The van der Waals surface area contributed by atoms with Crippen molar-refractivity contribution in [3.8, 4) is 0 Å². The Balaban J connectivity index is 1.60. The quantitative estimate of drug-likeness (QED) is 0.697. The second-order valence-electron chi connectivity index (χ2n) is 6.44. The van der Waals surface area contributed by atoms with Crippen molar-refractivity contribution in [3.63, 3.8) is 0 Å². The van der Waals surface area contributed by atoms with Crippen molar-refractivity contribution in [3.05, 3.63) is 77.6 Å². The molecule has 0 bridgehead atoms. The molecule has 2 aromatic carbocycles. The van der Waals surface area contributed by atoms with Gasteiger partial charge in [-0.2, -0.15) is 0 Å². The molecule has 0 aliphatic carbocycles. The predicted octanol–water partition coefficient (Wildman–Crippen LogP) is 4.51. The maximum Gasteiger partial charge on any atom is 0.290 e. The van der Waals surface area contributed by atoms with Gasteiger partial charge in [-0.1, -0.05) is 54.6 Å². The molecule has 132 valence electrons. The van der Waals surface area contributed by atoms with Crippen LogP contribution in [0.2, 0.25) is 0 Å². The zero-order valence-electron chi connectivity index (χ0n) is 14.8. The molecule has 1 aromatic heterocycles. The van der Waals surface area contributed by atoms with E-state index in [0.29, 0.717) is 25.5 Å². The largest absolute Gasteiger partial charge is 0.451 e. The Kier molecular flexibility index (Phi) is 4.59. The normalized spacial score (nSPS) is 14.5. The summed E-state index contributed by atoms with van der Waals surface area (Å²) in [6.07, 6.45) is 2.98. The predicted molar refractivity (Wildman–Crippen MR) is 102 cm³/mol. The number of amides is 1. The number of hydrogen-bond donors (Lipinski definition) is 0. The maximum absolute atomic E-state index is 13.1. The molecule has 1 aliphatic heterocycles. The van der Waals surface area contributed by atoms with E-state index in [1.165, 1.54) is 11.1 Å². The standard InChI is InChI=1S/C22H21NO3/c1-25-15-19-18-9-5-6-10-20(18)26-21(19)22(24)23-13-11-17(12-14-23)16-7-3-2-4-8-16/h2-11H,12-15H2,1H3. The van der Waals surface area contributed by atoms with E-state index in [4.69, 9.17) is 9.15 Å². The van der Waals surface area contributed by atoms with E-state index in [9.17, 15) is 4.79 Å². The minimum atomic E-state index is -0.0726. The number of benzene rings is 2. The van der Waals surface area contributed by atoms with Gasteiger partial charge in [-0.3, -0.25) is 4.79 Å². The summed E-state index contributed by atoms with van der Waals surface area (Å²) in [7, 11) is 1.63. The van der Waals surface area contributed by atoms with Gasteiger partial charge in [0.15, 0.2) is 5.76 Å². The molecule has 3 aromatic rings. The van der Waals surface area contributed by atoms with Crippen molar-refractivity contribution in [1.29, 1.82) is 0 Å². The number of nitrogens with zero attached hydrogens (tertiary/aromatic N) is 1. The van der Waals surface area contributed by atoms with Gasteiger partial charge in [-0.05, 0) is 23.6 Å². The van der Waals surface area contributed by atoms with Crippen molar-refractivity contribution in [2.75, 3.05) is 20.2 Å². The summed E-state index contributed by atoms with van der Waals surface area (Å²) in [5.74, 6) is 0.321. The summed E-state index contributed by atoms with van der Waals surface area (Å²) in [4.78, 5) is 14.9. The zero-order valence-corrected chi connectivity index (χ0v) is 14.8. The first-order valence-electron chi connectivity index (χ1n) is 8.81. The lowest BCUT2D eigenvalue weighted by Gasteiger charge is -2.26. The third kappa shape index (κ3) is 3.04. The molecule has 0 N–H and O–H groups in total. The number of ether oxygens (including phenoxy) is 1. The summed E-state index contributed by atoms with van der Waals surface area (Å²) in [6, 6.07) is 18.0. The number of fused-ring (bicyclic) bond motifs is 1. The molecule has 4 nitrogen and oxygen atoms in total. The van der Waals surface area contributed by atoms with E-state index in [1.54, 1.807) is 7.11 Å². The minimum Gasteiger partial charge on any atom is -0.451 e. The van der Waals surface area contributed by atoms with Gasteiger partial charge in [-0.15, -0.1) is 0 Å². The van der Waals surface area contributed by atoms with Crippen LogP contribution in [0.25, 0.3) is 16.5 Å². The van der Waals surface area contributed by atoms with Crippen LogP contribution in [0.5, 0.6) is 0 Å². The summed E-state index contributed by atoms with van der Waals surface area (Å²) in [5.41, 5.74) is 4.06. The molecule has 0 fully saturated rings. The number of para-hydroxylation sites is 1. The van der Waals surface area contributed by atoms with Crippen LogP contribution in [0.3, 0.4) is 0 Å². The second-order valence-corrected chi connectivity index (χ2v) is 6.44. The Morgan fingerprint density at radius 3 is 2.62 bits per heavy atom. The third-order valence-electron chi connectivity index (χ3n) is 4.82. The zero-order chi connectivity index (χ0) is 17.9. The van der Waals surface area contributed by atoms with E-state index in [1.807, 2.05) is 47.4 Å². The Morgan fingerprint density at radius 1 is 1.12 bits per heavy atom. The highest BCUT2D eigenvalue weighted by Crippen LogP contribution is 2.29. The summed E-state index contributed by atoms with van der Waals surface area (Å²) in [6.45, 7) is 1.63. The van der Waals surface area contributed by atoms with Crippen LogP contribution >= 0.6 is 0 Å². The van der Waals surface area contributed by atoms with Crippen molar-refractivity contribution in [2.45, 2.75) is 13.0 Å². The van der Waals surface area contributed by atoms with E-state index in [0.717, 1.165) is 23.0 Å². The van der Waals surface area contributed by atoms with Crippen LogP contribution in [0.1, 0.15) is 28.1 Å². The van der Waals surface area contributed by atoms with Gasteiger partial charge >= 0.3 is 0 Å². The molecule has 1 amide bonds. The summed E-state index contributed by atoms with van der Waals surface area (Å²) in [5, 5.41) is 0.940. The molecular weight excluding hydrogens is 326 g/mol. The minimum absolute atomic E-state index is 0.0726. The van der Waals surface area contributed by atoms with Crippen LogP contribution < -0.4 is 0 Å². The number of methoxy groups -OCH3 is 1. The second kappa shape index (κ2) is 7.18. The van der Waals surface area contributed by atoms with E-state index >= 15 is 0 Å². The van der Waals surface area contributed by atoms with Crippen molar-refractivity contribution in [1.82, 2.24) is 4.90 Å². The van der Waals surface area contributed by atoms with Crippen molar-refractivity contribution < 1.29 is 13.9 Å². The lowest BCUT2D eigenvalue weighted by Crippen LogP contribution is -2.35. The Morgan fingerprint density at radius 2 is 1.88 bits per heavy atom. The molecule has 26 heavy (non-hydrogen) atoms. The number of carbonyl (C=O) groups excluding carboxylic acids is 1. The first-order chi connectivity index (χ1) is 12.8. The highest BCUT2D eigenvalue weighted by molar-refractivity contribution is 5.99. The fourth-order valence-corrected chi connectivity index (χ4v) is 3.47. The van der Waals surface area contributed by atoms with Crippen molar-refractivity contribution in [2.24, 2.45) is 0 Å². The highest BCUT2D eigenvalue weighted by Gasteiger charge is 2.26. The molecule has 0 unspecified atom stereocenters. The molecule has 0 atom stereocenters. The van der Waals surface area contributed by atoms with Gasteiger partial charge in [0.25, 0.3) is 5.91 Å². The Hall–Kier alpha value is -2.85. The van der Waals surface area contributed by atoms with Gasteiger partial charge < -0.3 is 14.1 Å². The molecule has 4 rings (SSSR count). The van der Waals surface area contributed by atoms with Gasteiger partial charge in [0.1, 0.15) is 5.58 Å². The van der Waals surface area contributed by atoms with Gasteiger partial charge in [-0.25, -0.2) is 0 Å². The Bertz CT molecular complexity index is 956. The molecule has 0 radical (unpaired) electrons. The summed E-state index contributed by atoms with van der Waals surface area (Å²) < 4.78 is 11.2. The molecule has 0 spiro atoms. The third-order valence-corrected chi connectivity index (χ3v) is 4.82. The Labute approximate surface area is 152 Å². The smallest absolute Gasteiger partial charge is 0.290 e. The molecule has 0 saturated heterocycles. The molecule has 1 aliphatic rings. The highest BCUT2D eigenvalue weighted by atomic mass is 16.5. The van der Waals surface area contributed by atoms with Gasteiger partial charge in [0, 0.05) is 31.1 Å². The average Bonchev–Trinajstić information content (AvgIpc) is 3.07. The molecular formula is C22H21NO3. The first kappa shape index (κ1) is 16.6. The van der Waals surface area contributed by atoms with Gasteiger partial charge in [0.05, 0.1) is 6.61 Å². The first-order valence-corrected chi connectivity index (χ1v) is 8.81. The SMILES string of the molecule is COCc1c(C(=O)N2CC=C(c3ccccc3)CC2)oc2ccccc12. The van der Waals surface area contributed by atoms with E-state index < -0.39 is 0 Å². The monoisotopic (exact) mass is 347 g/mol. The number of furan rings is 1. The lowest BCUT2D eigenvalue weighted by atomic mass is 9.99. The van der Waals surface area contributed by atoms with Crippen molar-refractivity contribution >= 4 is 22.4 Å². The molecule has 2 heterocycles. The topological polar surface area (TPSA) is 42.7 Å². The number of hydrogen-bond acceptors (Lipinski definition) is 3. The van der Waals surface area contributed by atoms with Crippen LogP contribution in [-0.4, -0.2) is 31.0 Å². The fourth-order valence-electron chi connectivity index (χ4n) is 3.47.